The maximum atomic E-state index is 6.12. The summed E-state index contributed by atoms with van der Waals surface area (Å²) in [5.74, 6) is 6.86. The topological polar surface area (TPSA) is 60.2 Å². The lowest BCUT2D eigenvalue weighted by Crippen LogP contribution is -2.11. The minimum absolute atomic E-state index is 0.583. The molecule has 0 radical (unpaired) electrons. The maximum absolute atomic E-state index is 6.12. The maximum Gasteiger partial charge on any atom is 0.143 e. The van der Waals surface area contributed by atoms with E-state index in [1.807, 2.05) is 19.1 Å². The van der Waals surface area contributed by atoms with Gasteiger partial charge in [-0.15, -0.1) is 0 Å². The van der Waals surface area contributed by atoms with Crippen molar-refractivity contribution >= 4 is 28.3 Å². The van der Waals surface area contributed by atoms with Crippen LogP contribution in [0.5, 0.6) is 5.75 Å². The number of nitrogens with one attached hydrogen (secondary N) is 1. The summed E-state index contributed by atoms with van der Waals surface area (Å²) < 4.78 is 5.31. The van der Waals surface area contributed by atoms with Crippen molar-refractivity contribution in [1.82, 2.24) is 4.98 Å². The molecule has 1 aromatic heterocycles. The fourth-order valence-electron chi connectivity index (χ4n) is 1.81. The zero-order valence-electron chi connectivity index (χ0n) is 9.75. The first-order valence-electron chi connectivity index (χ1n) is 5.34. The number of benzene rings is 1. The van der Waals surface area contributed by atoms with Crippen LogP contribution in [0.1, 0.15) is 12.5 Å². The molecular weight excluding hydrogens is 238 g/mol. The highest BCUT2D eigenvalue weighted by Crippen LogP contribution is 2.32. The minimum Gasteiger partial charge on any atom is -0.496 e. The Bertz CT molecular complexity index is 557. The van der Waals surface area contributed by atoms with E-state index in [2.05, 4.69) is 10.4 Å². The SMILES string of the molecule is CCc1cc2c(OC)ccc(Cl)c2nc1NN. The van der Waals surface area contributed by atoms with E-state index in [0.29, 0.717) is 16.4 Å². The Kier molecular flexibility index (Phi) is 3.36. The number of anilines is 1. The van der Waals surface area contributed by atoms with E-state index in [-0.39, 0.29) is 0 Å². The minimum atomic E-state index is 0.583. The van der Waals surface area contributed by atoms with Gasteiger partial charge in [0.05, 0.1) is 17.6 Å². The fraction of sp³-hybridized carbons (Fsp3) is 0.250. The summed E-state index contributed by atoms with van der Waals surface area (Å²) >= 11 is 6.12. The molecule has 0 aliphatic carbocycles. The van der Waals surface area contributed by atoms with Crippen molar-refractivity contribution in [3.8, 4) is 5.75 Å². The highest BCUT2D eigenvalue weighted by Gasteiger charge is 2.11. The third-order valence-electron chi connectivity index (χ3n) is 2.71. The first kappa shape index (κ1) is 12.0. The van der Waals surface area contributed by atoms with Crippen molar-refractivity contribution < 1.29 is 4.74 Å². The van der Waals surface area contributed by atoms with E-state index in [1.54, 1.807) is 13.2 Å². The number of ether oxygens (including phenoxy) is 1. The van der Waals surface area contributed by atoms with Crippen LogP contribution in [0.2, 0.25) is 5.02 Å². The normalized spacial score (nSPS) is 10.6. The number of nitrogens with two attached hydrogens (primary N) is 1. The molecule has 0 aliphatic heterocycles. The van der Waals surface area contributed by atoms with E-state index in [4.69, 9.17) is 22.2 Å². The van der Waals surface area contributed by atoms with Crippen molar-refractivity contribution in [1.29, 1.82) is 0 Å². The molecule has 1 heterocycles. The summed E-state index contributed by atoms with van der Waals surface area (Å²) in [5.41, 5.74) is 4.31. The average Bonchev–Trinajstić information content (AvgIpc) is 2.38. The second-order valence-electron chi connectivity index (χ2n) is 3.64. The van der Waals surface area contributed by atoms with Gasteiger partial charge < -0.3 is 10.2 Å². The first-order valence-corrected chi connectivity index (χ1v) is 5.71. The molecule has 17 heavy (non-hydrogen) atoms. The predicted molar refractivity (Wildman–Crippen MR) is 70.5 cm³/mol. The summed E-state index contributed by atoms with van der Waals surface area (Å²) in [7, 11) is 1.63. The standard InChI is InChI=1S/C12H14ClN3O/c1-3-7-6-8-10(17-2)5-4-9(13)11(8)15-12(7)16-14/h4-6H,3,14H2,1-2H3,(H,15,16). The Balaban J connectivity index is 2.80. The summed E-state index contributed by atoms with van der Waals surface area (Å²) in [6, 6.07) is 5.60. The largest absolute Gasteiger partial charge is 0.496 e. The molecule has 0 aliphatic rings. The second kappa shape index (κ2) is 4.77. The Labute approximate surface area is 105 Å². The van der Waals surface area contributed by atoms with Crippen LogP contribution in [0.4, 0.5) is 5.82 Å². The molecule has 2 rings (SSSR count). The van der Waals surface area contributed by atoms with Gasteiger partial charge in [-0.05, 0) is 30.2 Å². The zero-order valence-corrected chi connectivity index (χ0v) is 10.5. The lowest BCUT2D eigenvalue weighted by atomic mass is 10.1. The van der Waals surface area contributed by atoms with Gasteiger partial charge in [0.15, 0.2) is 0 Å². The van der Waals surface area contributed by atoms with Crippen LogP contribution >= 0.6 is 11.6 Å². The van der Waals surface area contributed by atoms with Gasteiger partial charge in [-0.25, -0.2) is 10.8 Å². The van der Waals surface area contributed by atoms with Crippen molar-refractivity contribution in [2.24, 2.45) is 5.84 Å². The molecule has 5 heteroatoms. The van der Waals surface area contributed by atoms with Gasteiger partial charge in [0.25, 0.3) is 0 Å². The zero-order chi connectivity index (χ0) is 12.4. The average molecular weight is 252 g/mol. The molecule has 0 spiro atoms. The molecular formula is C12H14ClN3O. The number of hydrazine groups is 1. The van der Waals surface area contributed by atoms with Gasteiger partial charge in [-0.3, -0.25) is 0 Å². The van der Waals surface area contributed by atoms with Crippen molar-refractivity contribution in [3.63, 3.8) is 0 Å². The number of methoxy groups -OCH3 is 1. The van der Waals surface area contributed by atoms with Crippen LogP contribution in [0.15, 0.2) is 18.2 Å². The smallest absolute Gasteiger partial charge is 0.143 e. The van der Waals surface area contributed by atoms with Crippen LogP contribution < -0.4 is 16.0 Å². The van der Waals surface area contributed by atoms with Gasteiger partial charge in [0, 0.05) is 5.39 Å². The Hall–Kier alpha value is -1.52. The van der Waals surface area contributed by atoms with Crippen LogP contribution in [-0.2, 0) is 6.42 Å². The number of hydrogen-bond acceptors (Lipinski definition) is 4. The van der Waals surface area contributed by atoms with E-state index in [9.17, 15) is 0 Å². The second-order valence-corrected chi connectivity index (χ2v) is 4.05. The number of aromatic nitrogens is 1. The van der Waals surface area contributed by atoms with E-state index in [0.717, 1.165) is 23.1 Å². The van der Waals surface area contributed by atoms with E-state index in [1.165, 1.54) is 0 Å². The number of hydrogen-bond donors (Lipinski definition) is 2. The van der Waals surface area contributed by atoms with Gasteiger partial charge in [0.1, 0.15) is 11.6 Å². The van der Waals surface area contributed by atoms with Gasteiger partial charge in [-0.1, -0.05) is 18.5 Å². The van der Waals surface area contributed by atoms with E-state index >= 15 is 0 Å². The van der Waals surface area contributed by atoms with Gasteiger partial charge >= 0.3 is 0 Å². The Morgan fingerprint density at radius 1 is 1.47 bits per heavy atom. The van der Waals surface area contributed by atoms with Crippen molar-refractivity contribution in [3.05, 3.63) is 28.8 Å². The molecule has 0 atom stereocenters. The van der Waals surface area contributed by atoms with Gasteiger partial charge in [-0.2, -0.15) is 0 Å². The third-order valence-corrected chi connectivity index (χ3v) is 3.02. The number of halogens is 1. The molecule has 0 saturated heterocycles. The summed E-state index contributed by atoms with van der Waals surface area (Å²) in [5, 5.41) is 1.48. The molecule has 0 amide bonds. The van der Waals surface area contributed by atoms with Crippen LogP contribution in [0, 0.1) is 0 Å². The van der Waals surface area contributed by atoms with Crippen molar-refractivity contribution in [2.45, 2.75) is 13.3 Å². The molecule has 0 fully saturated rings. The number of pyridine rings is 1. The molecule has 2 aromatic rings. The lowest BCUT2D eigenvalue weighted by molar-refractivity contribution is 0.419. The van der Waals surface area contributed by atoms with Crippen molar-refractivity contribution in [2.75, 3.05) is 12.5 Å². The Morgan fingerprint density at radius 3 is 2.82 bits per heavy atom. The number of nitrogens with zero attached hydrogens (tertiary/aromatic N) is 1. The molecule has 0 unspecified atom stereocenters. The molecule has 1 aromatic carbocycles. The van der Waals surface area contributed by atoms with Crippen LogP contribution in [0.3, 0.4) is 0 Å². The summed E-state index contributed by atoms with van der Waals surface area (Å²) in [6.45, 7) is 2.04. The monoisotopic (exact) mass is 251 g/mol. The highest BCUT2D eigenvalue weighted by atomic mass is 35.5. The predicted octanol–water partition coefficient (Wildman–Crippen LogP) is 2.74. The van der Waals surface area contributed by atoms with Gasteiger partial charge in [0.2, 0.25) is 0 Å². The molecule has 90 valence electrons. The molecule has 4 nitrogen and oxygen atoms in total. The van der Waals surface area contributed by atoms with Crippen LogP contribution in [-0.4, -0.2) is 12.1 Å². The fourth-order valence-corrected chi connectivity index (χ4v) is 2.02. The molecule has 0 saturated carbocycles. The third kappa shape index (κ3) is 2.01. The number of fused-ring (bicyclic) bond motifs is 1. The number of aryl methyl sites for hydroxylation is 1. The van der Waals surface area contributed by atoms with Crippen LogP contribution in [0.25, 0.3) is 10.9 Å². The van der Waals surface area contributed by atoms with E-state index < -0.39 is 0 Å². The first-order chi connectivity index (χ1) is 8.21. The molecule has 3 N–H and O–H groups in total. The number of nitrogen functional groups attached to an aromatic ring is 1. The number of rotatable bonds is 3. The quantitative estimate of drug-likeness (QED) is 0.651. The lowest BCUT2D eigenvalue weighted by Gasteiger charge is -2.11. The highest BCUT2D eigenvalue weighted by molar-refractivity contribution is 6.35. The Morgan fingerprint density at radius 2 is 2.24 bits per heavy atom. The summed E-state index contributed by atoms with van der Waals surface area (Å²) in [4.78, 5) is 4.42. The summed E-state index contributed by atoms with van der Waals surface area (Å²) in [6.07, 6.45) is 0.831. The molecule has 0 bridgehead atoms.